The van der Waals surface area contributed by atoms with Crippen LogP contribution in [0.2, 0.25) is 0 Å². The summed E-state index contributed by atoms with van der Waals surface area (Å²) in [6.07, 6.45) is 5.27. The van der Waals surface area contributed by atoms with Gasteiger partial charge in [0.1, 0.15) is 5.82 Å². The van der Waals surface area contributed by atoms with E-state index in [9.17, 15) is 23.9 Å². The third-order valence-corrected chi connectivity index (χ3v) is 4.68. The Labute approximate surface area is 144 Å². The summed E-state index contributed by atoms with van der Waals surface area (Å²) in [5, 5.41) is 11.8. The van der Waals surface area contributed by atoms with Gasteiger partial charge < -0.3 is 15.3 Å². The molecule has 6 nitrogen and oxygen atoms in total. The first-order chi connectivity index (χ1) is 12.0. The van der Waals surface area contributed by atoms with Crippen LogP contribution in [-0.2, 0) is 14.4 Å². The Hall–Kier alpha value is -2.70. The quantitative estimate of drug-likeness (QED) is 0.821. The topological polar surface area (TPSA) is 86.7 Å². The Kier molecular flexibility index (Phi) is 4.83. The molecule has 2 N–H and O–H groups in total. The minimum atomic E-state index is -1.04. The van der Waals surface area contributed by atoms with E-state index in [1.807, 2.05) is 0 Å². The lowest BCUT2D eigenvalue weighted by molar-refractivity contribution is -0.146. The molecule has 1 heterocycles. The van der Waals surface area contributed by atoms with Gasteiger partial charge in [-0.2, -0.15) is 0 Å². The number of rotatable bonds is 4. The zero-order chi connectivity index (χ0) is 18.0. The maximum Gasteiger partial charge on any atom is 0.307 e. The number of carbonyl (C=O) groups excluding carboxylic acids is 2. The number of hydrogen-bond donors (Lipinski definition) is 2. The van der Waals surface area contributed by atoms with E-state index < -0.39 is 29.5 Å². The standard InChI is InChI=1S/C18H19FN2O4/c19-14-8-7-11(21-9-3-6-16(21)22)10-15(14)20-17(23)12-4-1-2-5-13(12)18(24)25/h1-2,7-8,10,12-13H,3-6,9H2,(H,20,23)(H,24,25)/t12-,13-/m0/s1. The molecule has 1 aromatic rings. The molecule has 0 radical (unpaired) electrons. The SMILES string of the molecule is O=C(O)[C@H]1CC=CC[C@@H]1C(=O)Nc1cc(N2CCCC2=O)ccc1F. The van der Waals surface area contributed by atoms with Gasteiger partial charge in [-0.25, -0.2) is 4.39 Å². The summed E-state index contributed by atoms with van der Waals surface area (Å²) in [7, 11) is 0. The lowest BCUT2D eigenvalue weighted by atomic mass is 9.82. The van der Waals surface area contributed by atoms with Crippen LogP contribution in [-0.4, -0.2) is 29.4 Å². The number of amides is 2. The van der Waals surface area contributed by atoms with Gasteiger partial charge >= 0.3 is 5.97 Å². The molecule has 0 bridgehead atoms. The molecule has 0 spiro atoms. The van der Waals surface area contributed by atoms with Crippen molar-refractivity contribution in [2.75, 3.05) is 16.8 Å². The number of nitrogens with one attached hydrogen (secondary N) is 1. The Bertz CT molecular complexity index is 747. The molecule has 7 heteroatoms. The summed E-state index contributed by atoms with van der Waals surface area (Å²) in [4.78, 5) is 37.2. The molecular weight excluding hydrogens is 327 g/mol. The second kappa shape index (κ2) is 7.04. The number of carboxylic acid groups (broad SMARTS) is 1. The molecule has 1 fully saturated rings. The third-order valence-electron chi connectivity index (χ3n) is 4.68. The van der Waals surface area contributed by atoms with E-state index in [2.05, 4.69) is 5.32 Å². The van der Waals surface area contributed by atoms with Gasteiger partial charge in [0, 0.05) is 18.7 Å². The van der Waals surface area contributed by atoms with Crippen molar-refractivity contribution in [1.82, 2.24) is 0 Å². The van der Waals surface area contributed by atoms with Crippen molar-refractivity contribution in [3.8, 4) is 0 Å². The van der Waals surface area contributed by atoms with E-state index in [0.29, 0.717) is 25.1 Å². The summed E-state index contributed by atoms with van der Waals surface area (Å²) in [5.41, 5.74) is 0.485. The first-order valence-corrected chi connectivity index (χ1v) is 8.26. The van der Waals surface area contributed by atoms with Crippen molar-refractivity contribution in [3.63, 3.8) is 0 Å². The smallest absolute Gasteiger partial charge is 0.307 e. The van der Waals surface area contributed by atoms with Gasteiger partial charge in [0.15, 0.2) is 0 Å². The van der Waals surface area contributed by atoms with Gasteiger partial charge in [-0.15, -0.1) is 0 Å². The minimum Gasteiger partial charge on any atom is -0.481 e. The molecule has 0 saturated carbocycles. The van der Waals surface area contributed by atoms with Crippen LogP contribution >= 0.6 is 0 Å². The Balaban J connectivity index is 1.79. The summed E-state index contributed by atoms with van der Waals surface area (Å²) in [6.45, 7) is 0.562. The van der Waals surface area contributed by atoms with Crippen LogP contribution in [0.5, 0.6) is 0 Å². The molecule has 2 aliphatic rings. The van der Waals surface area contributed by atoms with E-state index in [1.54, 1.807) is 17.1 Å². The third kappa shape index (κ3) is 3.55. The molecule has 3 rings (SSSR count). The highest BCUT2D eigenvalue weighted by atomic mass is 19.1. The predicted octanol–water partition coefficient (Wildman–Crippen LogP) is 2.56. The molecule has 0 unspecified atom stereocenters. The molecule has 1 saturated heterocycles. The summed E-state index contributed by atoms with van der Waals surface area (Å²) >= 11 is 0. The number of carboxylic acids is 1. The van der Waals surface area contributed by atoms with Crippen molar-refractivity contribution < 1.29 is 23.9 Å². The van der Waals surface area contributed by atoms with Crippen LogP contribution in [0.15, 0.2) is 30.4 Å². The Morgan fingerprint density at radius 1 is 1.20 bits per heavy atom. The van der Waals surface area contributed by atoms with Crippen molar-refractivity contribution in [2.24, 2.45) is 11.8 Å². The summed E-state index contributed by atoms with van der Waals surface area (Å²) in [5.74, 6) is -3.80. The normalized spacial score (nSPS) is 22.9. The van der Waals surface area contributed by atoms with Crippen LogP contribution in [0, 0.1) is 17.7 Å². The average Bonchev–Trinajstić information content (AvgIpc) is 3.02. The highest BCUT2D eigenvalue weighted by Gasteiger charge is 2.34. The monoisotopic (exact) mass is 346 g/mol. The molecule has 1 aromatic carbocycles. The van der Waals surface area contributed by atoms with Crippen LogP contribution in [0.25, 0.3) is 0 Å². The largest absolute Gasteiger partial charge is 0.481 e. The van der Waals surface area contributed by atoms with Gasteiger partial charge in [-0.05, 0) is 37.5 Å². The highest BCUT2D eigenvalue weighted by molar-refractivity contribution is 5.98. The number of benzene rings is 1. The maximum absolute atomic E-state index is 14.1. The number of nitrogens with zero attached hydrogens (tertiary/aromatic N) is 1. The first kappa shape index (κ1) is 17.1. The molecule has 1 aliphatic heterocycles. The Morgan fingerprint density at radius 2 is 1.92 bits per heavy atom. The first-order valence-electron chi connectivity index (χ1n) is 8.26. The number of anilines is 2. The molecule has 25 heavy (non-hydrogen) atoms. The van der Waals surface area contributed by atoms with E-state index in [-0.39, 0.29) is 18.0 Å². The van der Waals surface area contributed by atoms with Crippen molar-refractivity contribution in [2.45, 2.75) is 25.7 Å². The molecule has 1 aliphatic carbocycles. The number of allylic oxidation sites excluding steroid dienone is 2. The minimum absolute atomic E-state index is 0.0350. The molecule has 2 amide bonds. The molecule has 132 valence electrons. The number of carbonyl (C=O) groups is 3. The van der Waals surface area contributed by atoms with Gasteiger partial charge in [0.25, 0.3) is 0 Å². The van der Waals surface area contributed by atoms with Crippen molar-refractivity contribution in [3.05, 3.63) is 36.2 Å². The van der Waals surface area contributed by atoms with Gasteiger partial charge in [0.2, 0.25) is 11.8 Å². The lowest BCUT2D eigenvalue weighted by Crippen LogP contribution is -2.35. The fourth-order valence-electron chi connectivity index (χ4n) is 3.30. The number of hydrogen-bond acceptors (Lipinski definition) is 3. The Morgan fingerprint density at radius 3 is 2.56 bits per heavy atom. The van der Waals surface area contributed by atoms with E-state index in [0.717, 1.165) is 6.42 Å². The van der Waals surface area contributed by atoms with Gasteiger partial charge in [0.05, 0.1) is 17.5 Å². The van der Waals surface area contributed by atoms with Crippen LogP contribution in [0.4, 0.5) is 15.8 Å². The zero-order valence-electron chi connectivity index (χ0n) is 13.6. The van der Waals surface area contributed by atoms with Crippen LogP contribution in [0.1, 0.15) is 25.7 Å². The van der Waals surface area contributed by atoms with E-state index in [4.69, 9.17) is 0 Å². The van der Waals surface area contributed by atoms with Crippen LogP contribution in [0.3, 0.4) is 0 Å². The van der Waals surface area contributed by atoms with Gasteiger partial charge in [-0.3, -0.25) is 14.4 Å². The maximum atomic E-state index is 14.1. The lowest BCUT2D eigenvalue weighted by Gasteiger charge is -2.24. The second-order valence-electron chi connectivity index (χ2n) is 6.30. The zero-order valence-corrected chi connectivity index (χ0v) is 13.6. The molecule has 0 aromatic heterocycles. The average molecular weight is 346 g/mol. The molecule has 2 atom stereocenters. The predicted molar refractivity (Wildman–Crippen MR) is 89.6 cm³/mol. The van der Waals surface area contributed by atoms with Crippen molar-refractivity contribution >= 4 is 29.2 Å². The fraction of sp³-hybridized carbons (Fsp3) is 0.389. The molecular formula is C18H19FN2O4. The van der Waals surface area contributed by atoms with Crippen LogP contribution < -0.4 is 10.2 Å². The van der Waals surface area contributed by atoms with E-state index >= 15 is 0 Å². The second-order valence-corrected chi connectivity index (χ2v) is 6.30. The number of halogens is 1. The fourth-order valence-corrected chi connectivity index (χ4v) is 3.30. The van der Waals surface area contributed by atoms with E-state index in [1.165, 1.54) is 18.2 Å². The van der Waals surface area contributed by atoms with Crippen molar-refractivity contribution in [1.29, 1.82) is 0 Å². The van der Waals surface area contributed by atoms with Gasteiger partial charge in [-0.1, -0.05) is 12.2 Å². The summed E-state index contributed by atoms with van der Waals surface area (Å²) < 4.78 is 14.1. The number of aliphatic carboxylic acids is 1. The highest BCUT2D eigenvalue weighted by Crippen LogP contribution is 2.30. The summed E-state index contributed by atoms with van der Waals surface area (Å²) in [6, 6.07) is 4.12.